The molecular weight excluding hydrogens is 508 g/mol. The Morgan fingerprint density at radius 3 is 1.39 bits per heavy atom. The van der Waals surface area contributed by atoms with E-state index >= 15 is 0 Å². The fraction of sp³-hybridized carbons (Fsp3) is 0.892. The van der Waals surface area contributed by atoms with Gasteiger partial charge in [0.1, 0.15) is 6.10 Å². The first-order chi connectivity index (χ1) is 20.1. The highest BCUT2D eigenvalue weighted by atomic mass is 16.5. The summed E-state index contributed by atoms with van der Waals surface area (Å²) in [5, 5.41) is 8.72. The number of hydrogen-bond donors (Lipinski definition) is 1. The molecule has 0 aromatic rings. The number of hydrogen-bond acceptors (Lipinski definition) is 3. The van der Waals surface area contributed by atoms with Gasteiger partial charge in [0.2, 0.25) is 0 Å². The summed E-state index contributed by atoms with van der Waals surface area (Å²) in [5.41, 5.74) is 0. The predicted molar refractivity (Wildman–Crippen MR) is 177 cm³/mol. The van der Waals surface area contributed by atoms with Gasteiger partial charge in [-0.15, -0.1) is 0 Å². The molecule has 0 radical (unpaired) electrons. The molecule has 0 aliphatic rings. The van der Waals surface area contributed by atoms with Gasteiger partial charge in [0, 0.05) is 12.8 Å². The van der Waals surface area contributed by atoms with E-state index in [1.165, 1.54) is 128 Å². The van der Waals surface area contributed by atoms with Crippen LogP contribution in [0.4, 0.5) is 0 Å². The number of carbonyl (C=O) groups is 2. The van der Waals surface area contributed by atoms with Crippen molar-refractivity contribution in [3.05, 3.63) is 12.2 Å². The number of carboxylic acid groups (broad SMARTS) is 1. The number of unbranched alkanes of at least 4 members (excludes halogenated alkanes) is 22. The Labute approximate surface area is 255 Å². The summed E-state index contributed by atoms with van der Waals surface area (Å²) >= 11 is 0. The summed E-state index contributed by atoms with van der Waals surface area (Å²) in [4.78, 5) is 23.2. The lowest BCUT2D eigenvalue weighted by Gasteiger charge is -2.18. The Morgan fingerprint density at radius 2 is 0.902 bits per heavy atom. The molecule has 0 saturated heterocycles. The maximum absolute atomic E-state index is 12.6. The quantitative estimate of drug-likeness (QED) is 0.0478. The van der Waals surface area contributed by atoms with Crippen molar-refractivity contribution in [2.75, 3.05) is 0 Å². The molecule has 0 spiro atoms. The largest absolute Gasteiger partial charge is 0.481 e. The van der Waals surface area contributed by atoms with Crippen LogP contribution >= 0.6 is 0 Å². The molecule has 0 amide bonds. The van der Waals surface area contributed by atoms with Crippen LogP contribution in [0.5, 0.6) is 0 Å². The number of carbonyl (C=O) groups excluding carboxylic acids is 1. The predicted octanol–water partition coefficient (Wildman–Crippen LogP) is 12.3. The topological polar surface area (TPSA) is 63.6 Å². The maximum atomic E-state index is 12.6. The molecule has 0 aromatic carbocycles. The number of rotatable bonds is 33. The molecule has 1 unspecified atom stereocenters. The van der Waals surface area contributed by atoms with Gasteiger partial charge in [-0.2, -0.15) is 0 Å². The number of ether oxygens (including phenoxy) is 1. The van der Waals surface area contributed by atoms with E-state index in [4.69, 9.17) is 9.84 Å². The summed E-state index contributed by atoms with van der Waals surface area (Å²) in [6.07, 6.45) is 39.4. The zero-order valence-corrected chi connectivity index (χ0v) is 27.6. The van der Waals surface area contributed by atoms with Gasteiger partial charge in [-0.05, 0) is 57.8 Å². The molecule has 1 atom stereocenters. The van der Waals surface area contributed by atoms with Crippen LogP contribution in [-0.2, 0) is 14.3 Å². The Balaban J connectivity index is 4.05. The van der Waals surface area contributed by atoms with Gasteiger partial charge >= 0.3 is 11.9 Å². The molecule has 0 rings (SSSR count). The average molecular weight is 579 g/mol. The molecule has 0 bridgehead atoms. The Bertz CT molecular complexity index is 585. The van der Waals surface area contributed by atoms with Crippen LogP contribution in [0.15, 0.2) is 12.2 Å². The van der Waals surface area contributed by atoms with Gasteiger partial charge in [-0.25, -0.2) is 0 Å². The highest BCUT2D eigenvalue weighted by Crippen LogP contribution is 2.19. The zero-order valence-electron chi connectivity index (χ0n) is 27.6. The number of allylic oxidation sites excluding steroid dienone is 2. The third kappa shape index (κ3) is 33.1. The minimum atomic E-state index is -0.681. The van der Waals surface area contributed by atoms with Crippen molar-refractivity contribution in [3.8, 4) is 0 Å². The van der Waals surface area contributed by atoms with Crippen LogP contribution in [0.25, 0.3) is 0 Å². The normalized spacial score (nSPS) is 12.2. The highest BCUT2D eigenvalue weighted by Gasteiger charge is 2.14. The summed E-state index contributed by atoms with van der Waals surface area (Å²) in [6, 6.07) is 0. The van der Waals surface area contributed by atoms with Crippen molar-refractivity contribution < 1.29 is 19.4 Å². The van der Waals surface area contributed by atoms with E-state index in [2.05, 4.69) is 26.0 Å². The lowest BCUT2D eigenvalue weighted by Crippen LogP contribution is -2.18. The van der Waals surface area contributed by atoms with Gasteiger partial charge in [0.15, 0.2) is 0 Å². The summed E-state index contributed by atoms with van der Waals surface area (Å²) in [7, 11) is 0. The molecule has 0 saturated carbocycles. The third-order valence-electron chi connectivity index (χ3n) is 8.24. The number of esters is 1. The molecule has 242 valence electrons. The standard InChI is InChI=1S/C37H70O4/c1-3-5-7-9-11-13-14-15-16-22-26-30-34-37(40)41-35(31-27-23-19-12-10-8-6-4-2)32-28-24-20-17-18-21-25-29-33-36(38)39/h9,11,35H,3-8,10,12-34H2,1-2H3,(H,38,39)/b11-9-. The zero-order chi connectivity index (χ0) is 30.1. The second-order valence-electron chi connectivity index (χ2n) is 12.4. The molecule has 1 N–H and O–H groups in total. The second kappa shape index (κ2) is 33.2. The molecular formula is C37H70O4. The van der Waals surface area contributed by atoms with Gasteiger partial charge < -0.3 is 9.84 Å². The van der Waals surface area contributed by atoms with Crippen LogP contribution in [0.2, 0.25) is 0 Å². The molecule has 4 nitrogen and oxygen atoms in total. The van der Waals surface area contributed by atoms with Crippen LogP contribution in [0, 0.1) is 0 Å². The summed E-state index contributed by atoms with van der Waals surface area (Å²) in [6.45, 7) is 4.51. The fourth-order valence-corrected chi connectivity index (χ4v) is 5.52. The van der Waals surface area contributed by atoms with Crippen LogP contribution in [-0.4, -0.2) is 23.1 Å². The third-order valence-corrected chi connectivity index (χ3v) is 8.24. The van der Waals surface area contributed by atoms with Crippen molar-refractivity contribution >= 4 is 11.9 Å². The van der Waals surface area contributed by atoms with Crippen LogP contribution in [0.3, 0.4) is 0 Å². The van der Waals surface area contributed by atoms with Crippen molar-refractivity contribution in [1.82, 2.24) is 0 Å². The molecule has 0 aromatic heterocycles. The molecule has 0 fully saturated rings. The van der Waals surface area contributed by atoms with E-state index in [1.54, 1.807) is 0 Å². The minimum Gasteiger partial charge on any atom is -0.481 e. The Morgan fingerprint density at radius 1 is 0.512 bits per heavy atom. The molecule has 4 heteroatoms. The van der Waals surface area contributed by atoms with E-state index < -0.39 is 5.97 Å². The average Bonchev–Trinajstić information content (AvgIpc) is 2.95. The number of carboxylic acids is 1. The van der Waals surface area contributed by atoms with Crippen LogP contribution < -0.4 is 0 Å². The summed E-state index contributed by atoms with van der Waals surface area (Å²) < 4.78 is 6.01. The monoisotopic (exact) mass is 579 g/mol. The second-order valence-corrected chi connectivity index (χ2v) is 12.4. The van der Waals surface area contributed by atoms with Crippen molar-refractivity contribution in [3.63, 3.8) is 0 Å². The lowest BCUT2D eigenvalue weighted by atomic mass is 10.0. The molecule has 0 heterocycles. The first-order valence-corrected chi connectivity index (χ1v) is 18.2. The van der Waals surface area contributed by atoms with Gasteiger partial charge in [-0.3, -0.25) is 9.59 Å². The summed E-state index contributed by atoms with van der Waals surface area (Å²) in [5.74, 6) is -0.660. The highest BCUT2D eigenvalue weighted by molar-refractivity contribution is 5.69. The van der Waals surface area contributed by atoms with Gasteiger partial charge in [0.25, 0.3) is 0 Å². The molecule has 0 aliphatic carbocycles. The minimum absolute atomic E-state index is 0.0214. The Hall–Kier alpha value is -1.32. The fourth-order valence-electron chi connectivity index (χ4n) is 5.52. The maximum Gasteiger partial charge on any atom is 0.306 e. The van der Waals surface area contributed by atoms with E-state index in [0.717, 1.165) is 51.4 Å². The first kappa shape index (κ1) is 39.7. The smallest absolute Gasteiger partial charge is 0.306 e. The Kier molecular flexibility index (Phi) is 32.1. The molecule has 0 aliphatic heterocycles. The van der Waals surface area contributed by atoms with Crippen molar-refractivity contribution in [1.29, 1.82) is 0 Å². The van der Waals surface area contributed by atoms with E-state index in [1.807, 2.05) is 0 Å². The van der Waals surface area contributed by atoms with E-state index in [0.29, 0.717) is 12.8 Å². The first-order valence-electron chi connectivity index (χ1n) is 18.2. The van der Waals surface area contributed by atoms with Gasteiger partial charge in [-0.1, -0.05) is 148 Å². The number of aliphatic carboxylic acids is 1. The molecule has 41 heavy (non-hydrogen) atoms. The van der Waals surface area contributed by atoms with Crippen LogP contribution in [0.1, 0.15) is 206 Å². The van der Waals surface area contributed by atoms with Gasteiger partial charge in [0.05, 0.1) is 0 Å². The van der Waals surface area contributed by atoms with Crippen molar-refractivity contribution in [2.24, 2.45) is 0 Å². The lowest BCUT2D eigenvalue weighted by molar-refractivity contribution is -0.150. The van der Waals surface area contributed by atoms with E-state index in [-0.39, 0.29) is 12.1 Å². The van der Waals surface area contributed by atoms with Crippen molar-refractivity contribution in [2.45, 2.75) is 213 Å². The SMILES string of the molecule is CCCC/C=C\CCCCCCCCC(=O)OC(CCCCCCCCCC)CCCCCCCCCCC(=O)O. The van der Waals surface area contributed by atoms with E-state index in [9.17, 15) is 9.59 Å².